The van der Waals surface area contributed by atoms with Gasteiger partial charge in [-0.25, -0.2) is 24.1 Å². The van der Waals surface area contributed by atoms with Crippen LogP contribution in [0.25, 0.3) is 0 Å². The number of amides is 6. The number of hydrogen-bond donors (Lipinski definition) is 4. The summed E-state index contributed by atoms with van der Waals surface area (Å²) in [6.45, 7) is 4.38. The highest BCUT2D eigenvalue weighted by molar-refractivity contribution is 6.12. The van der Waals surface area contributed by atoms with Crippen molar-refractivity contribution < 1.29 is 43.4 Å². The normalized spacial score (nSPS) is 16.2. The first-order chi connectivity index (χ1) is 27.2. The molecule has 0 spiro atoms. The van der Waals surface area contributed by atoms with Crippen LogP contribution in [0.1, 0.15) is 44.7 Å². The minimum absolute atomic E-state index is 0.0151. The fourth-order valence-corrected chi connectivity index (χ4v) is 6.46. The molecular formula is C42H44N6O9. The maximum absolute atomic E-state index is 14.8. The van der Waals surface area contributed by atoms with Crippen LogP contribution in [-0.4, -0.2) is 75.3 Å². The van der Waals surface area contributed by atoms with Crippen molar-refractivity contribution in [2.45, 2.75) is 57.8 Å². The number of carbonyl (C=O) groups is 7. The van der Waals surface area contributed by atoms with Crippen LogP contribution in [0.4, 0.5) is 26.7 Å². The van der Waals surface area contributed by atoms with E-state index >= 15 is 0 Å². The van der Waals surface area contributed by atoms with Crippen LogP contribution in [-0.2, 0) is 40.8 Å². The molecule has 6 amide bonds. The zero-order valence-electron chi connectivity index (χ0n) is 31.7. The number of ether oxygens (including phenoxy) is 1. The topological polar surface area (TPSA) is 209 Å². The Kier molecular flexibility index (Phi) is 13.2. The number of nitrogens with one attached hydrogen (secondary N) is 2. The minimum Gasteiger partial charge on any atom is -0.481 e. The van der Waals surface area contributed by atoms with Crippen LogP contribution in [0.15, 0.2) is 115 Å². The summed E-state index contributed by atoms with van der Waals surface area (Å²) in [7, 11) is 0. The zero-order chi connectivity index (χ0) is 41.3. The number of urea groups is 2. The van der Waals surface area contributed by atoms with Crippen molar-refractivity contribution in [2.75, 3.05) is 22.1 Å². The second-order valence-corrected chi connectivity index (χ2v) is 14.0. The fraction of sp³-hybridized carbons (Fsp3) is 0.262. The Bertz CT molecular complexity index is 2100. The molecule has 296 valence electrons. The van der Waals surface area contributed by atoms with E-state index in [-0.39, 0.29) is 24.6 Å². The Hall–Kier alpha value is -6.87. The van der Waals surface area contributed by atoms with Crippen LogP contribution in [0.5, 0.6) is 0 Å². The molecule has 57 heavy (non-hydrogen) atoms. The van der Waals surface area contributed by atoms with Crippen molar-refractivity contribution in [1.29, 1.82) is 0 Å². The van der Waals surface area contributed by atoms with Crippen molar-refractivity contribution in [3.8, 4) is 0 Å². The van der Waals surface area contributed by atoms with Crippen LogP contribution in [0, 0.1) is 5.92 Å². The van der Waals surface area contributed by atoms with E-state index in [0.717, 1.165) is 9.80 Å². The molecule has 1 saturated heterocycles. The molecule has 5 N–H and O–H groups in total. The third-order valence-corrected chi connectivity index (χ3v) is 9.36. The molecule has 0 aliphatic carbocycles. The highest BCUT2D eigenvalue weighted by atomic mass is 16.6. The van der Waals surface area contributed by atoms with Gasteiger partial charge < -0.3 is 31.1 Å². The van der Waals surface area contributed by atoms with Crippen LogP contribution >= 0.6 is 0 Å². The number of esters is 2. The number of carboxylic acids is 1. The van der Waals surface area contributed by atoms with Crippen LogP contribution < -0.4 is 21.3 Å². The van der Waals surface area contributed by atoms with Gasteiger partial charge in [-0.05, 0) is 66.8 Å². The number of carboxylic acid groups (broad SMARTS) is 1. The smallest absolute Gasteiger partial charge is 0.333 e. The van der Waals surface area contributed by atoms with E-state index < -0.39 is 72.4 Å². The van der Waals surface area contributed by atoms with E-state index in [2.05, 4.69) is 10.6 Å². The van der Waals surface area contributed by atoms with Gasteiger partial charge in [-0.15, -0.1) is 0 Å². The third-order valence-electron chi connectivity index (χ3n) is 9.36. The number of carbonyl (C=O) groups excluding carboxylic acids is 6. The van der Waals surface area contributed by atoms with Crippen molar-refractivity contribution in [3.63, 3.8) is 0 Å². The molecule has 0 radical (unpaired) electrons. The number of nitrogens with zero attached hydrogens (tertiary/aromatic N) is 3. The molecule has 0 aromatic heterocycles. The van der Waals surface area contributed by atoms with Gasteiger partial charge >= 0.3 is 30.0 Å². The largest absolute Gasteiger partial charge is 0.481 e. The van der Waals surface area contributed by atoms with Gasteiger partial charge in [-0.3, -0.25) is 19.3 Å². The van der Waals surface area contributed by atoms with Crippen molar-refractivity contribution in [1.82, 2.24) is 9.80 Å². The van der Waals surface area contributed by atoms with Gasteiger partial charge in [-0.2, -0.15) is 0 Å². The maximum Gasteiger partial charge on any atom is 0.333 e. The molecule has 3 atom stereocenters. The van der Waals surface area contributed by atoms with Gasteiger partial charge in [0, 0.05) is 23.6 Å². The lowest BCUT2D eigenvalue weighted by atomic mass is 9.89. The van der Waals surface area contributed by atoms with Crippen molar-refractivity contribution in [2.24, 2.45) is 11.7 Å². The Morgan fingerprint density at radius 3 is 1.91 bits per heavy atom. The summed E-state index contributed by atoms with van der Waals surface area (Å²) < 4.78 is 4.83. The van der Waals surface area contributed by atoms with E-state index in [9.17, 15) is 33.6 Å². The second-order valence-electron chi connectivity index (χ2n) is 14.0. The van der Waals surface area contributed by atoms with Gasteiger partial charge in [0.1, 0.15) is 24.2 Å². The highest BCUT2D eigenvalue weighted by Crippen LogP contribution is 2.40. The number of rotatable bonds is 15. The third kappa shape index (κ3) is 9.87. The summed E-state index contributed by atoms with van der Waals surface area (Å²) in [6.07, 6.45) is -0.770. The number of para-hydroxylation sites is 2. The second kappa shape index (κ2) is 18.2. The lowest BCUT2D eigenvalue weighted by molar-refractivity contribution is -0.161. The molecular weight excluding hydrogens is 732 g/mol. The summed E-state index contributed by atoms with van der Waals surface area (Å²) in [4.78, 5) is 96.8. The Balaban J connectivity index is 1.45. The van der Waals surface area contributed by atoms with Gasteiger partial charge in [0.25, 0.3) is 11.8 Å². The van der Waals surface area contributed by atoms with Gasteiger partial charge in [0.05, 0.1) is 6.42 Å². The van der Waals surface area contributed by atoms with E-state index in [1.54, 1.807) is 104 Å². The molecule has 0 saturated carbocycles. The molecule has 1 fully saturated rings. The highest BCUT2D eigenvalue weighted by Gasteiger charge is 2.58. The number of aliphatic carboxylic acids is 1. The van der Waals surface area contributed by atoms with E-state index in [4.69, 9.17) is 15.6 Å². The Labute approximate surface area is 329 Å². The number of imide groups is 1. The molecule has 4 aromatic carbocycles. The minimum atomic E-state index is -1.63. The first-order valence-electron chi connectivity index (χ1n) is 18.2. The summed E-state index contributed by atoms with van der Waals surface area (Å²) in [5, 5.41) is 14.5. The Morgan fingerprint density at radius 1 is 0.807 bits per heavy atom. The first kappa shape index (κ1) is 41.3. The summed E-state index contributed by atoms with van der Waals surface area (Å²) >= 11 is 0. The van der Waals surface area contributed by atoms with Gasteiger partial charge in [0.15, 0.2) is 0 Å². The molecule has 4 aromatic rings. The average molecular weight is 777 g/mol. The maximum atomic E-state index is 14.8. The monoisotopic (exact) mass is 776 g/mol. The molecule has 5 rings (SSSR count). The van der Waals surface area contributed by atoms with E-state index in [0.29, 0.717) is 22.5 Å². The van der Waals surface area contributed by atoms with Crippen molar-refractivity contribution >= 4 is 58.8 Å². The molecule has 15 nitrogen and oxygen atoms in total. The fourth-order valence-electron chi connectivity index (χ4n) is 6.46. The standard InChI is InChI=1S/C42H44N6O9/c1-27(2)23-34(37(52)46(32-17-11-6-12-18-32)26-36(51)57-38(53)33(43)24-35(49)50)48-39(54)42(3,29-13-7-4-8-14-29)47(41(48)56)25-28-19-21-31(22-20-28)45-40(55)44-30-15-9-5-10-16-30/h4-22,27,33-34H,23-26,43H2,1-3H3,(H,49,50)(H2,44,45,55)/t33-,34?,42?/m0/s1. The van der Waals surface area contributed by atoms with Crippen LogP contribution in [0.2, 0.25) is 0 Å². The summed E-state index contributed by atoms with van der Waals surface area (Å²) in [5.41, 5.74) is 6.44. The molecule has 1 aliphatic rings. The first-order valence-corrected chi connectivity index (χ1v) is 18.2. The number of anilines is 3. The molecule has 2 unspecified atom stereocenters. The lowest BCUT2D eigenvalue weighted by Crippen LogP contribution is -2.54. The number of nitrogens with two attached hydrogens (primary N) is 1. The molecule has 1 aliphatic heterocycles. The van der Waals surface area contributed by atoms with Gasteiger partial charge in [-0.1, -0.05) is 92.7 Å². The van der Waals surface area contributed by atoms with E-state index in [1.807, 2.05) is 19.9 Å². The predicted octanol–water partition coefficient (Wildman–Crippen LogP) is 5.33. The zero-order valence-corrected chi connectivity index (χ0v) is 31.7. The van der Waals surface area contributed by atoms with Gasteiger partial charge in [0.2, 0.25) is 0 Å². The van der Waals surface area contributed by atoms with Crippen molar-refractivity contribution in [3.05, 3.63) is 126 Å². The molecule has 1 heterocycles. The number of hydrogen-bond acceptors (Lipinski definition) is 9. The predicted molar refractivity (Wildman–Crippen MR) is 210 cm³/mol. The summed E-state index contributed by atoms with van der Waals surface area (Å²) in [5.74, 6) is -5.56. The molecule has 0 bridgehead atoms. The molecule has 15 heteroatoms. The quantitative estimate of drug-likeness (QED) is 0.0693. The summed E-state index contributed by atoms with van der Waals surface area (Å²) in [6, 6.07) is 28.1. The van der Waals surface area contributed by atoms with Crippen LogP contribution in [0.3, 0.4) is 0 Å². The Morgan fingerprint density at radius 2 is 1.35 bits per heavy atom. The lowest BCUT2D eigenvalue weighted by Gasteiger charge is -2.32. The number of benzene rings is 4. The average Bonchev–Trinajstić information content (AvgIpc) is 3.37. The van der Waals surface area contributed by atoms with E-state index in [1.165, 1.54) is 17.0 Å². The SMILES string of the molecule is CC(C)CC(C(=O)N(CC(=O)OC(=O)[C@@H](N)CC(=O)O)c1ccccc1)N1C(=O)N(Cc2ccc(NC(=O)Nc3ccccc3)cc2)C(C)(c2ccccc2)C1=O.